The molecule has 1 aromatic carbocycles. The minimum atomic E-state index is -0.609. The Morgan fingerprint density at radius 2 is 2.03 bits per heavy atom. The summed E-state index contributed by atoms with van der Waals surface area (Å²) >= 11 is 0. The predicted molar refractivity (Wildman–Crippen MR) is 111 cm³/mol. The highest BCUT2D eigenvalue weighted by atomic mass is 16.2. The summed E-state index contributed by atoms with van der Waals surface area (Å²) < 4.78 is 0. The normalized spacial score (nSPS) is 19.8. The van der Waals surface area contributed by atoms with Crippen molar-refractivity contribution in [3.63, 3.8) is 0 Å². The monoisotopic (exact) mass is 391 g/mol. The first-order valence-corrected chi connectivity index (χ1v) is 9.89. The standard InChI is InChI=1S/C22H25N5O2/c1-14(21(28)25-13-17-11-19-18(27-17)8-5-9-23-19)26-22(29)20-10-16(12-24-20)15-6-3-2-4-7-15/h2-9,11,14,16,20,24,27H,10,12-13H2,1H3,(H,25,28)(H,26,29)/t14?,16-,20+/m0/s1. The maximum absolute atomic E-state index is 12.6. The Hall–Kier alpha value is -3.19. The Morgan fingerprint density at radius 3 is 2.83 bits per heavy atom. The number of aromatic nitrogens is 2. The van der Waals surface area contributed by atoms with Gasteiger partial charge in [-0.05, 0) is 43.0 Å². The van der Waals surface area contributed by atoms with Gasteiger partial charge in [0.25, 0.3) is 0 Å². The molecular formula is C22H25N5O2. The minimum absolute atomic E-state index is 0.138. The fourth-order valence-corrected chi connectivity index (χ4v) is 3.74. The number of benzene rings is 1. The fraction of sp³-hybridized carbons (Fsp3) is 0.318. The van der Waals surface area contributed by atoms with Gasteiger partial charge in [0.05, 0.1) is 23.6 Å². The molecule has 3 atom stereocenters. The van der Waals surface area contributed by atoms with Crippen LogP contribution in [0.5, 0.6) is 0 Å². The molecule has 4 N–H and O–H groups in total. The third-order valence-electron chi connectivity index (χ3n) is 5.37. The summed E-state index contributed by atoms with van der Waals surface area (Å²) in [5, 5.41) is 8.94. The van der Waals surface area contributed by atoms with Crippen LogP contribution < -0.4 is 16.0 Å². The number of pyridine rings is 1. The van der Waals surface area contributed by atoms with E-state index < -0.39 is 6.04 Å². The Morgan fingerprint density at radius 1 is 1.21 bits per heavy atom. The molecule has 29 heavy (non-hydrogen) atoms. The average molecular weight is 391 g/mol. The van der Waals surface area contributed by atoms with Crippen LogP contribution in [0, 0.1) is 0 Å². The second-order valence-corrected chi connectivity index (χ2v) is 7.48. The molecule has 1 fully saturated rings. The van der Waals surface area contributed by atoms with Crippen molar-refractivity contribution in [3.05, 3.63) is 66.0 Å². The van der Waals surface area contributed by atoms with Gasteiger partial charge in [-0.15, -0.1) is 0 Å². The molecule has 7 nitrogen and oxygen atoms in total. The van der Waals surface area contributed by atoms with Crippen molar-refractivity contribution < 1.29 is 9.59 Å². The molecule has 0 spiro atoms. The van der Waals surface area contributed by atoms with Crippen molar-refractivity contribution in [1.29, 1.82) is 0 Å². The average Bonchev–Trinajstić information content (AvgIpc) is 3.39. The molecule has 150 valence electrons. The smallest absolute Gasteiger partial charge is 0.242 e. The van der Waals surface area contributed by atoms with Crippen molar-refractivity contribution in [3.8, 4) is 0 Å². The summed E-state index contributed by atoms with van der Waals surface area (Å²) in [7, 11) is 0. The van der Waals surface area contributed by atoms with Crippen molar-refractivity contribution in [2.75, 3.05) is 6.54 Å². The van der Waals surface area contributed by atoms with Gasteiger partial charge >= 0.3 is 0 Å². The van der Waals surface area contributed by atoms with E-state index in [9.17, 15) is 9.59 Å². The van der Waals surface area contributed by atoms with Crippen LogP contribution >= 0.6 is 0 Å². The lowest BCUT2D eigenvalue weighted by atomic mass is 9.96. The van der Waals surface area contributed by atoms with Crippen LogP contribution in [-0.2, 0) is 16.1 Å². The molecule has 4 rings (SSSR count). The summed E-state index contributed by atoms with van der Waals surface area (Å²) in [6.07, 6.45) is 2.46. The van der Waals surface area contributed by atoms with Crippen LogP contribution in [0.25, 0.3) is 11.0 Å². The lowest BCUT2D eigenvalue weighted by molar-refractivity contribution is -0.129. The Kier molecular flexibility index (Phi) is 5.57. The molecule has 2 amide bonds. The topological polar surface area (TPSA) is 98.9 Å². The molecule has 1 aliphatic rings. The number of amides is 2. The van der Waals surface area contributed by atoms with Crippen molar-refractivity contribution in [1.82, 2.24) is 25.9 Å². The van der Waals surface area contributed by atoms with E-state index in [1.807, 2.05) is 36.4 Å². The van der Waals surface area contributed by atoms with Gasteiger partial charge in [-0.2, -0.15) is 0 Å². The summed E-state index contributed by atoms with van der Waals surface area (Å²) in [6, 6.07) is 15.0. The maximum Gasteiger partial charge on any atom is 0.242 e. The van der Waals surface area contributed by atoms with Gasteiger partial charge < -0.3 is 20.9 Å². The van der Waals surface area contributed by atoms with Crippen molar-refractivity contribution in [2.24, 2.45) is 0 Å². The molecule has 2 aromatic heterocycles. The minimum Gasteiger partial charge on any atom is -0.356 e. The molecule has 1 unspecified atom stereocenters. The van der Waals surface area contributed by atoms with Crippen LogP contribution in [0.2, 0.25) is 0 Å². The molecule has 1 aliphatic heterocycles. The quantitative estimate of drug-likeness (QED) is 0.515. The number of hydrogen-bond acceptors (Lipinski definition) is 4. The van der Waals surface area contributed by atoms with E-state index in [2.05, 4.69) is 38.1 Å². The SMILES string of the molecule is CC(NC(=O)[C@H]1C[C@H](c2ccccc2)CN1)C(=O)NCc1cc2ncccc2[nH]1. The first-order chi connectivity index (χ1) is 14.1. The van der Waals surface area contributed by atoms with Gasteiger partial charge in [-0.25, -0.2) is 0 Å². The molecule has 7 heteroatoms. The number of nitrogens with one attached hydrogen (secondary N) is 4. The van der Waals surface area contributed by atoms with Gasteiger partial charge in [0.15, 0.2) is 0 Å². The first-order valence-electron chi connectivity index (χ1n) is 9.89. The fourth-order valence-electron chi connectivity index (χ4n) is 3.74. The van der Waals surface area contributed by atoms with Gasteiger partial charge in [-0.1, -0.05) is 30.3 Å². The molecule has 3 heterocycles. The van der Waals surface area contributed by atoms with Crippen molar-refractivity contribution >= 4 is 22.8 Å². The molecular weight excluding hydrogens is 366 g/mol. The zero-order valence-corrected chi connectivity index (χ0v) is 16.3. The highest BCUT2D eigenvalue weighted by Gasteiger charge is 2.31. The van der Waals surface area contributed by atoms with E-state index in [1.165, 1.54) is 5.56 Å². The summed E-state index contributed by atoms with van der Waals surface area (Å²) in [5.41, 5.74) is 3.89. The van der Waals surface area contributed by atoms with E-state index >= 15 is 0 Å². The van der Waals surface area contributed by atoms with Gasteiger partial charge in [-0.3, -0.25) is 14.6 Å². The van der Waals surface area contributed by atoms with E-state index in [1.54, 1.807) is 13.1 Å². The van der Waals surface area contributed by atoms with Crippen LogP contribution in [-0.4, -0.2) is 40.4 Å². The summed E-state index contributed by atoms with van der Waals surface area (Å²) in [6.45, 7) is 2.81. The number of hydrogen-bond donors (Lipinski definition) is 4. The Bertz CT molecular complexity index is 968. The molecule has 0 saturated carbocycles. The largest absolute Gasteiger partial charge is 0.356 e. The number of fused-ring (bicyclic) bond motifs is 1. The van der Waals surface area contributed by atoms with E-state index in [-0.39, 0.29) is 17.9 Å². The molecule has 0 bridgehead atoms. The number of nitrogens with zero attached hydrogens (tertiary/aromatic N) is 1. The number of H-pyrrole nitrogens is 1. The van der Waals surface area contributed by atoms with Gasteiger partial charge in [0, 0.05) is 18.4 Å². The molecule has 0 aliphatic carbocycles. The maximum atomic E-state index is 12.6. The number of carbonyl (C=O) groups excluding carboxylic acids is 2. The lowest BCUT2D eigenvalue weighted by Gasteiger charge is -2.17. The van der Waals surface area contributed by atoms with E-state index in [4.69, 9.17) is 0 Å². The molecule has 0 radical (unpaired) electrons. The third-order valence-corrected chi connectivity index (χ3v) is 5.37. The Labute approximate surface area is 169 Å². The van der Waals surface area contributed by atoms with Crippen LogP contribution in [0.15, 0.2) is 54.7 Å². The van der Waals surface area contributed by atoms with Gasteiger partial charge in [0.2, 0.25) is 11.8 Å². The second kappa shape index (κ2) is 8.45. The zero-order chi connectivity index (χ0) is 20.2. The van der Waals surface area contributed by atoms with E-state index in [0.29, 0.717) is 12.5 Å². The summed E-state index contributed by atoms with van der Waals surface area (Å²) in [4.78, 5) is 32.4. The van der Waals surface area contributed by atoms with Crippen molar-refractivity contribution in [2.45, 2.75) is 37.9 Å². The van der Waals surface area contributed by atoms with Gasteiger partial charge in [0.1, 0.15) is 6.04 Å². The molecule has 3 aromatic rings. The zero-order valence-electron chi connectivity index (χ0n) is 16.3. The van der Waals surface area contributed by atoms with E-state index in [0.717, 1.165) is 29.7 Å². The third kappa shape index (κ3) is 4.46. The number of rotatable bonds is 6. The number of carbonyl (C=O) groups is 2. The second-order valence-electron chi connectivity index (χ2n) is 7.48. The summed E-state index contributed by atoms with van der Waals surface area (Å²) in [5.74, 6) is -0.0461. The van der Waals surface area contributed by atoms with Crippen LogP contribution in [0.4, 0.5) is 0 Å². The lowest BCUT2D eigenvalue weighted by Crippen LogP contribution is -2.49. The van der Waals surface area contributed by atoms with Crippen LogP contribution in [0.3, 0.4) is 0 Å². The highest BCUT2D eigenvalue weighted by Crippen LogP contribution is 2.25. The molecule has 1 saturated heterocycles. The number of aromatic amines is 1. The Balaban J connectivity index is 1.26. The van der Waals surface area contributed by atoms with Crippen LogP contribution in [0.1, 0.15) is 30.5 Å². The highest BCUT2D eigenvalue weighted by molar-refractivity contribution is 5.89. The first kappa shape index (κ1) is 19.1. The predicted octanol–water partition coefficient (Wildman–Crippen LogP) is 1.83.